The highest BCUT2D eigenvalue weighted by molar-refractivity contribution is 6.31. The van der Waals surface area contributed by atoms with E-state index < -0.39 is 0 Å². The Morgan fingerprint density at radius 3 is 2.60 bits per heavy atom. The zero-order valence-electron chi connectivity index (χ0n) is 14.5. The molecule has 0 aliphatic carbocycles. The zero-order chi connectivity index (χ0) is 17.8. The number of carbonyl (C=O) groups excluding carboxylic acids is 1. The van der Waals surface area contributed by atoms with Crippen LogP contribution < -0.4 is 5.32 Å². The molecule has 2 aromatic carbocycles. The van der Waals surface area contributed by atoms with Gasteiger partial charge < -0.3 is 14.8 Å². The lowest BCUT2D eigenvalue weighted by molar-refractivity contribution is 0.0942. The minimum Gasteiger partial charge on any atom is -0.349 e. The molecule has 0 aliphatic rings. The van der Waals surface area contributed by atoms with Crippen molar-refractivity contribution in [1.82, 2.24) is 14.8 Å². The second kappa shape index (κ2) is 7.72. The van der Waals surface area contributed by atoms with Gasteiger partial charge in [-0.05, 0) is 43.9 Å². The van der Waals surface area contributed by atoms with Gasteiger partial charge in [0.05, 0.1) is 0 Å². The van der Waals surface area contributed by atoms with E-state index in [4.69, 9.17) is 11.6 Å². The van der Waals surface area contributed by atoms with Gasteiger partial charge in [-0.1, -0.05) is 41.9 Å². The van der Waals surface area contributed by atoms with E-state index in [0.29, 0.717) is 23.8 Å². The Hall–Kier alpha value is -2.30. The second-order valence-electron chi connectivity index (χ2n) is 6.36. The zero-order valence-corrected chi connectivity index (χ0v) is 15.3. The topological polar surface area (TPSA) is 37.3 Å². The molecule has 1 aromatic heterocycles. The molecule has 0 fully saturated rings. The van der Waals surface area contributed by atoms with Crippen LogP contribution in [0.5, 0.6) is 0 Å². The highest BCUT2D eigenvalue weighted by atomic mass is 35.5. The fourth-order valence-corrected chi connectivity index (χ4v) is 3.03. The maximum Gasteiger partial charge on any atom is 0.267 e. The van der Waals surface area contributed by atoms with E-state index in [1.54, 1.807) is 0 Å². The first kappa shape index (κ1) is 17.5. The molecule has 0 atom stereocenters. The smallest absolute Gasteiger partial charge is 0.267 e. The number of nitrogens with zero attached hydrogens (tertiary/aromatic N) is 2. The molecule has 4 nitrogen and oxygen atoms in total. The maximum atomic E-state index is 12.7. The van der Waals surface area contributed by atoms with Crippen molar-refractivity contribution in [3.8, 4) is 0 Å². The summed E-state index contributed by atoms with van der Waals surface area (Å²) in [7, 11) is 3.97. The van der Waals surface area contributed by atoms with Crippen LogP contribution in [0.25, 0.3) is 10.9 Å². The third kappa shape index (κ3) is 4.21. The van der Waals surface area contributed by atoms with Gasteiger partial charge in [-0.15, -0.1) is 0 Å². The summed E-state index contributed by atoms with van der Waals surface area (Å²) >= 11 is 6.12. The number of fused-ring (bicyclic) bond motifs is 1. The summed E-state index contributed by atoms with van der Waals surface area (Å²) in [5.74, 6) is -0.0647. The second-order valence-corrected chi connectivity index (χ2v) is 6.80. The Morgan fingerprint density at radius 1 is 1.12 bits per heavy atom. The van der Waals surface area contributed by atoms with Gasteiger partial charge in [-0.2, -0.15) is 0 Å². The number of aromatic nitrogens is 1. The van der Waals surface area contributed by atoms with E-state index in [0.717, 1.165) is 23.0 Å². The number of hydrogen-bond acceptors (Lipinski definition) is 2. The molecule has 5 heteroatoms. The van der Waals surface area contributed by atoms with Gasteiger partial charge in [-0.3, -0.25) is 4.79 Å². The number of likely N-dealkylation sites (N-methyl/N-ethyl adjacent to an activating group) is 1. The molecule has 3 rings (SSSR count). The maximum absolute atomic E-state index is 12.7. The van der Waals surface area contributed by atoms with Gasteiger partial charge in [0.2, 0.25) is 0 Å². The largest absolute Gasteiger partial charge is 0.349 e. The Labute approximate surface area is 153 Å². The Balaban J connectivity index is 1.95. The van der Waals surface area contributed by atoms with E-state index in [-0.39, 0.29) is 5.91 Å². The number of rotatable bonds is 6. The van der Waals surface area contributed by atoms with Gasteiger partial charge >= 0.3 is 0 Å². The normalized spacial score (nSPS) is 11.2. The molecular formula is C20H22ClN3O. The quantitative estimate of drug-likeness (QED) is 0.733. The first-order chi connectivity index (χ1) is 12.0. The number of carbonyl (C=O) groups is 1. The van der Waals surface area contributed by atoms with Crippen LogP contribution in [-0.2, 0) is 6.54 Å². The molecule has 0 radical (unpaired) electrons. The lowest BCUT2D eigenvalue weighted by atomic mass is 10.2. The number of benzene rings is 2. The Kier molecular flexibility index (Phi) is 5.41. The summed E-state index contributed by atoms with van der Waals surface area (Å²) in [6.45, 7) is 2.05. The van der Waals surface area contributed by atoms with Gasteiger partial charge in [0.25, 0.3) is 5.91 Å². The summed E-state index contributed by atoms with van der Waals surface area (Å²) < 4.78 is 2.05. The molecule has 1 amide bonds. The first-order valence-corrected chi connectivity index (χ1v) is 8.68. The summed E-state index contributed by atoms with van der Waals surface area (Å²) in [5, 5.41) is 4.64. The SMILES string of the molecule is CN(C)CCNC(=O)c1cc2cc(Cl)ccc2n1Cc1ccccc1. The highest BCUT2D eigenvalue weighted by Gasteiger charge is 2.16. The van der Waals surface area contributed by atoms with Crippen LogP contribution in [0, 0.1) is 0 Å². The predicted molar refractivity (Wildman–Crippen MR) is 103 cm³/mol. The van der Waals surface area contributed by atoms with Crippen LogP contribution in [-0.4, -0.2) is 42.6 Å². The van der Waals surface area contributed by atoms with Crippen molar-refractivity contribution in [2.24, 2.45) is 0 Å². The van der Waals surface area contributed by atoms with E-state index in [1.165, 1.54) is 0 Å². The minimum atomic E-state index is -0.0647. The molecule has 1 heterocycles. The van der Waals surface area contributed by atoms with E-state index >= 15 is 0 Å². The lowest BCUT2D eigenvalue weighted by Crippen LogP contribution is -2.32. The van der Waals surface area contributed by atoms with Gasteiger partial charge in [0.15, 0.2) is 0 Å². The van der Waals surface area contributed by atoms with Crippen LogP contribution >= 0.6 is 11.6 Å². The van der Waals surface area contributed by atoms with Crippen LogP contribution in [0.15, 0.2) is 54.6 Å². The van der Waals surface area contributed by atoms with Crippen molar-refractivity contribution in [1.29, 1.82) is 0 Å². The number of halogens is 1. The summed E-state index contributed by atoms with van der Waals surface area (Å²) in [6.07, 6.45) is 0. The number of hydrogen-bond donors (Lipinski definition) is 1. The third-order valence-corrected chi connectivity index (χ3v) is 4.36. The number of amides is 1. The molecule has 0 spiro atoms. The standard InChI is InChI=1S/C20H22ClN3O/c1-23(2)11-10-22-20(25)19-13-16-12-17(21)8-9-18(16)24(19)14-15-6-4-3-5-7-15/h3-9,12-13H,10-11,14H2,1-2H3,(H,22,25). The monoisotopic (exact) mass is 355 g/mol. The van der Waals surface area contributed by atoms with Crippen molar-refractivity contribution < 1.29 is 4.79 Å². The number of nitrogens with one attached hydrogen (secondary N) is 1. The molecule has 0 bridgehead atoms. The fourth-order valence-electron chi connectivity index (χ4n) is 2.85. The predicted octanol–water partition coefficient (Wildman–Crippen LogP) is 3.63. The first-order valence-electron chi connectivity index (χ1n) is 8.30. The van der Waals surface area contributed by atoms with Gasteiger partial charge in [-0.25, -0.2) is 0 Å². The van der Waals surface area contributed by atoms with Crippen molar-refractivity contribution in [3.63, 3.8) is 0 Å². The summed E-state index contributed by atoms with van der Waals surface area (Å²) in [4.78, 5) is 14.7. The fraction of sp³-hybridized carbons (Fsp3) is 0.250. The molecule has 3 aromatic rings. The molecule has 1 N–H and O–H groups in total. The van der Waals surface area contributed by atoms with Crippen molar-refractivity contribution >= 4 is 28.4 Å². The van der Waals surface area contributed by atoms with Crippen LogP contribution in [0.1, 0.15) is 16.1 Å². The van der Waals surface area contributed by atoms with Crippen molar-refractivity contribution in [3.05, 3.63) is 70.9 Å². The highest BCUT2D eigenvalue weighted by Crippen LogP contribution is 2.24. The Morgan fingerprint density at radius 2 is 1.88 bits per heavy atom. The van der Waals surface area contributed by atoms with Crippen molar-refractivity contribution in [2.45, 2.75) is 6.54 Å². The summed E-state index contributed by atoms with van der Waals surface area (Å²) in [5.41, 5.74) is 2.81. The summed E-state index contributed by atoms with van der Waals surface area (Å²) in [6, 6.07) is 17.8. The molecular weight excluding hydrogens is 334 g/mol. The van der Waals surface area contributed by atoms with Crippen LogP contribution in [0.2, 0.25) is 5.02 Å². The molecule has 130 valence electrons. The van der Waals surface area contributed by atoms with E-state index in [1.807, 2.05) is 66.0 Å². The van der Waals surface area contributed by atoms with Crippen LogP contribution in [0.3, 0.4) is 0 Å². The van der Waals surface area contributed by atoms with Gasteiger partial charge in [0.1, 0.15) is 5.69 Å². The third-order valence-electron chi connectivity index (χ3n) is 4.12. The minimum absolute atomic E-state index is 0.0647. The molecule has 0 unspecified atom stereocenters. The molecule has 0 aliphatic heterocycles. The van der Waals surface area contributed by atoms with Crippen LogP contribution in [0.4, 0.5) is 0 Å². The van der Waals surface area contributed by atoms with Crippen molar-refractivity contribution in [2.75, 3.05) is 27.2 Å². The molecule has 0 saturated heterocycles. The average molecular weight is 356 g/mol. The Bertz CT molecular complexity index is 871. The molecule has 0 saturated carbocycles. The molecule has 25 heavy (non-hydrogen) atoms. The average Bonchev–Trinajstić information content (AvgIpc) is 2.93. The van der Waals surface area contributed by atoms with E-state index in [9.17, 15) is 4.79 Å². The van der Waals surface area contributed by atoms with Gasteiger partial charge in [0, 0.05) is 35.6 Å². The van der Waals surface area contributed by atoms with E-state index in [2.05, 4.69) is 17.4 Å². The lowest BCUT2D eigenvalue weighted by Gasteiger charge is -2.13.